The Labute approximate surface area is 190 Å². The predicted molar refractivity (Wildman–Crippen MR) is 126 cm³/mol. The fraction of sp³-hybridized carbons (Fsp3) is 0.600. The third-order valence-corrected chi connectivity index (χ3v) is 5.26. The topological polar surface area (TPSA) is 66.0 Å². The van der Waals surface area contributed by atoms with Crippen molar-refractivity contribution in [2.24, 2.45) is 10.9 Å². The molecule has 28 heavy (non-hydrogen) atoms. The number of nitrogens with one attached hydrogen (secondary N) is 2. The van der Waals surface area contributed by atoms with E-state index in [1.807, 2.05) is 18.2 Å². The van der Waals surface area contributed by atoms with Crippen LogP contribution < -0.4 is 15.4 Å². The Morgan fingerprint density at radius 3 is 2.64 bits per heavy atom. The molecule has 2 rings (SSSR count). The summed E-state index contributed by atoms with van der Waals surface area (Å²) in [6.07, 6.45) is 3.43. The highest BCUT2D eigenvalue weighted by Gasteiger charge is 2.23. The van der Waals surface area contributed by atoms with E-state index in [2.05, 4.69) is 22.5 Å². The monoisotopic (exact) mass is 522 g/mol. The van der Waals surface area contributed by atoms with Crippen molar-refractivity contribution in [3.8, 4) is 5.75 Å². The van der Waals surface area contributed by atoms with E-state index in [4.69, 9.17) is 21.3 Å². The van der Waals surface area contributed by atoms with Gasteiger partial charge in [-0.15, -0.1) is 24.0 Å². The minimum Gasteiger partial charge on any atom is -0.497 e. The summed E-state index contributed by atoms with van der Waals surface area (Å²) in [6.45, 7) is 5.44. The number of methoxy groups -OCH3 is 1. The van der Waals surface area contributed by atoms with Gasteiger partial charge >= 0.3 is 0 Å². The molecule has 1 aliphatic rings. The number of ether oxygens (including phenoxy) is 1. The van der Waals surface area contributed by atoms with Gasteiger partial charge < -0.3 is 20.3 Å². The number of carbonyl (C=O) groups is 1. The number of amides is 1. The molecule has 0 aromatic heterocycles. The van der Waals surface area contributed by atoms with Crippen LogP contribution in [0.1, 0.15) is 31.7 Å². The Morgan fingerprint density at radius 2 is 2.07 bits per heavy atom. The van der Waals surface area contributed by atoms with Crippen LogP contribution in [-0.2, 0) is 11.2 Å². The molecule has 2 N–H and O–H groups in total. The van der Waals surface area contributed by atoms with Gasteiger partial charge in [0.15, 0.2) is 5.96 Å². The quantitative estimate of drug-likeness (QED) is 0.328. The molecule has 1 aliphatic heterocycles. The van der Waals surface area contributed by atoms with E-state index >= 15 is 0 Å². The van der Waals surface area contributed by atoms with E-state index in [0.717, 1.165) is 56.2 Å². The smallest absolute Gasteiger partial charge is 0.220 e. The van der Waals surface area contributed by atoms with Gasteiger partial charge in [0.05, 0.1) is 7.11 Å². The zero-order valence-electron chi connectivity index (χ0n) is 17.0. The van der Waals surface area contributed by atoms with E-state index in [1.54, 1.807) is 14.2 Å². The summed E-state index contributed by atoms with van der Waals surface area (Å²) in [5.74, 6) is 2.30. The Balaban J connectivity index is 0.00000392. The van der Waals surface area contributed by atoms with Crippen molar-refractivity contribution in [1.82, 2.24) is 15.5 Å². The van der Waals surface area contributed by atoms with Gasteiger partial charge in [-0.2, -0.15) is 0 Å². The zero-order chi connectivity index (χ0) is 19.6. The molecule has 1 fully saturated rings. The molecular weight excluding hydrogens is 491 g/mol. The number of benzene rings is 1. The van der Waals surface area contributed by atoms with E-state index in [9.17, 15) is 4.79 Å². The maximum absolute atomic E-state index is 11.6. The van der Waals surface area contributed by atoms with Crippen molar-refractivity contribution < 1.29 is 9.53 Å². The maximum Gasteiger partial charge on any atom is 0.220 e. The van der Waals surface area contributed by atoms with Crippen LogP contribution >= 0.6 is 35.6 Å². The molecule has 0 bridgehead atoms. The van der Waals surface area contributed by atoms with Gasteiger partial charge in [0.25, 0.3) is 0 Å². The second-order valence-corrected chi connectivity index (χ2v) is 7.16. The summed E-state index contributed by atoms with van der Waals surface area (Å²) in [7, 11) is 3.33. The van der Waals surface area contributed by atoms with E-state index in [-0.39, 0.29) is 29.9 Å². The van der Waals surface area contributed by atoms with Gasteiger partial charge in [-0.1, -0.05) is 17.7 Å². The van der Waals surface area contributed by atoms with Crippen LogP contribution in [0.2, 0.25) is 5.02 Å². The molecule has 1 aromatic carbocycles. The first-order valence-corrected chi connectivity index (χ1v) is 10.0. The SMILES string of the molecule is CCNC(=NCCc1ccc(OC)cc1Cl)N1CCC(CC(=O)NC)CC1.I. The Morgan fingerprint density at radius 1 is 1.36 bits per heavy atom. The predicted octanol–water partition coefficient (Wildman–Crippen LogP) is 3.32. The number of halogens is 2. The summed E-state index contributed by atoms with van der Waals surface area (Å²) in [6, 6.07) is 5.75. The minimum absolute atomic E-state index is 0. The van der Waals surface area contributed by atoms with Crippen LogP contribution in [-0.4, -0.2) is 57.1 Å². The fourth-order valence-corrected chi connectivity index (χ4v) is 3.54. The number of guanidine groups is 1. The number of piperidine rings is 1. The summed E-state index contributed by atoms with van der Waals surface area (Å²) < 4.78 is 5.19. The Bertz CT molecular complexity index is 649. The summed E-state index contributed by atoms with van der Waals surface area (Å²) in [5, 5.41) is 6.81. The van der Waals surface area contributed by atoms with Gasteiger partial charge in [0, 0.05) is 44.7 Å². The van der Waals surface area contributed by atoms with Crippen LogP contribution in [0.3, 0.4) is 0 Å². The van der Waals surface area contributed by atoms with Crippen LogP contribution in [0, 0.1) is 5.92 Å². The van der Waals surface area contributed by atoms with E-state index in [0.29, 0.717) is 23.9 Å². The van der Waals surface area contributed by atoms with Crippen molar-refractivity contribution in [3.63, 3.8) is 0 Å². The lowest BCUT2D eigenvalue weighted by Gasteiger charge is -2.34. The van der Waals surface area contributed by atoms with Crippen molar-refractivity contribution in [2.75, 3.05) is 40.3 Å². The van der Waals surface area contributed by atoms with Crippen LogP contribution in [0.15, 0.2) is 23.2 Å². The Hall–Kier alpha value is -1.22. The number of hydrogen-bond acceptors (Lipinski definition) is 3. The first kappa shape index (κ1) is 24.8. The molecule has 0 radical (unpaired) electrons. The molecule has 1 amide bonds. The molecule has 0 atom stereocenters. The molecule has 8 heteroatoms. The highest BCUT2D eigenvalue weighted by atomic mass is 127. The third kappa shape index (κ3) is 7.66. The largest absolute Gasteiger partial charge is 0.497 e. The molecule has 0 aliphatic carbocycles. The number of likely N-dealkylation sites (tertiary alicyclic amines) is 1. The summed E-state index contributed by atoms with van der Waals surface area (Å²) >= 11 is 6.32. The lowest BCUT2D eigenvalue weighted by atomic mass is 9.93. The molecule has 1 aromatic rings. The lowest BCUT2D eigenvalue weighted by Crippen LogP contribution is -2.46. The number of rotatable bonds is 7. The van der Waals surface area contributed by atoms with Gasteiger partial charge in [-0.25, -0.2) is 0 Å². The van der Waals surface area contributed by atoms with Crippen LogP contribution in [0.4, 0.5) is 0 Å². The first-order chi connectivity index (χ1) is 13.1. The number of nitrogens with zero attached hydrogens (tertiary/aromatic N) is 2. The number of aliphatic imine (C=N–C) groups is 1. The number of carbonyl (C=O) groups excluding carboxylic acids is 1. The Kier molecular flexibility index (Phi) is 11.6. The van der Waals surface area contributed by atoms with Gasteiger partial charge in [0.1, 0.15) is 5.75 Å². The van der Waals surface area contributed by atoms with Crippen molar-refractivity contribution in [2.45, 2.75) is 32.6 Å². The van der Waals surface area contributed by atoms with Gasteiger partial charge in [0.2, 0.25) is 5.91 Å². The van der Waals surface area contributed by atoms with E-state index in [1.165, 1.54) is 0 Å². The van der Waals surface area contributed by atoms with Crippen molar-refractivity contribution in [3.05, 3.63) is 28.8 Å². The first-order valence-electron chi connectivity index (χ1n) is 9.63. The summed E-state index contributed by atoms with van der Waals surface area (Å²) in [5.41, 5.74) is 1.07. The molecule has 1 saturated heterocycles. The highest BCUT2D eigenvalue weighted by Crippen LogP contribution is 2.23. The second-order valence-electron chi connectivity index (χ2n) is 6.75. The standard InChI is InChI=1S/C20H31ClN4O2.HI/c1-4-23-20(25-11-8-15(9-12-25)13-19(26)22-2)24-10-7-16-5-6-17(27-3)14-18(16)21;/h5-6,14-15H,4,7-13H2,1-3H3,(H,22,26)(H,23,24);1H. The van der Waals surface area contributed by atoms with Gasteiger partial charge in [-0.05, 0) is 49.8 Å². The number of hydrogen-bond donors (Lipinski definition) is 2. The van der Waals surface area contributed by atoms with Crippen LogP contribution in [0.5, 0.6) is 5.75 Å². The lowest BCUT2D eigenvalue weighted by molar-refractivity contribution is -0.121. The van der Waals surface area contributed by atoms with E-state index < -0.39 is 0 Å². The second kappa shape index (κ2) is 13.1. The molecular formula is C20H32ClIN4O2. The zero-order valence-corrected chi connectivity index (χ0v) is 20.0. The molecule has 0 saturated carbocycles. The van der Waals surface area contributed by atoms with Crippen molar-refractivity contribution in [1.29, 1.82) is 0 Å². The van der Waals surface area contributed by atoms with Crippen LogP contribution in [0.25, 0.3) is 0 Å². The minimum atomic E-state index is 0. The molecule has 0 spiro atoms. The summed E-state index contributed by atoms with van der Waals surface area (Å²) in [4.78, 5) is 18.6. The fourth-order valence-electron chi connectivity index (χ4n) is 3.28. The molecule has 0 unspecified atom stereocenters. The average molecular weight is 523 g/mol. The molecule has 158 valence electrons. The van der Waals surface area contributed by atoms with Crippen molar-refractivity contribution >= 4 is 47.4 Å². The average Bonchev–Trinajstić information content (AvgIpc) is 2.69. The normalized spacial score (nSPS) is 15.0. The third-order valence-electron chi connectivity index (χ3n) is 4.90. The highest BCUT2D eigenvalue weighted by molar-refractivity contribution is 14.0. The van der Waals surface area contributed by atoms with Gasteiger partial charge in [-0.3, -0.25) is 9.79 Å². The molecule has 1 heterocycles. The maximum atomic E-state index is 11.6. The molecule has 6 nitrogen and oxygen atoms in total.